The number of carbonyl (C=O) groups is 2. The number of aromatic carboxylic acids is 1. The van der Waals surface area contributed by atoms with Gasteiger partial charge in [0.15, 0.2) is 5.17 Å². The molecule has 1 aliphatic rings. The molecule has 0 bridgehead atoms. The zero-order chi connectivity index (χ0) is 18.5. The average molecular weight is 365 g/mol. The summed E-state index contributed by atoms with van der Waals surface area (Å²) in [7, 11) is 0. The van der Waals surface area contributed by atoms with Crippen LogP contribution in [0.5, 0.6) is 0 Å². The van der Waals surface area contributed by atoms with Crippen LogP contribution in [-0.4, -0.2) is 38.6 Å². The van der Waals surface area contributed by atoms with Gasteiger partial charge in [-0.25, -0.2) is 9.79 Å². The Morgan fingerprint density at radius 2 is 2.08 bits per heavy atom. The summed E-state index contributed by atoms with van der Waals surface area (Å²) in [6.45, 7) is 4.04. The highest BCUT2D eigenvalue weighted by Crippen LogP contribution is 2.33. The maximum atomic E-state index is 12.7. The lowest BCUT2D eigenvalue weighted by Crippen LogP contribution is -2.29. The van der Waals surface area contributed by atoms with E-state index in [9.17, 15) is 9.59 Å². The number of amidine groups is 1. The van der Waals surface area contributed by atoms with Crippen LogP contribution in [0, 0.1) is 0 Å². The molecule has 1 amide bonds. The molecule has 3 rings (SSSR count). The number of aliphatic imine (C=N–C) groups is 1. The van der Waals surface area contributed by atoms with Crippen molar-refractivity contribution in [2.24, 2.45) is 4.99 Å². The molecule has 1 aromatic carbocycles. The van der Waals surface area contributed by atoms with Gasteiger partial charge in [-0.05, 0) is 47.7 Å². The lowest BCUT2D eigenvalue weighted by Gasteiger charge is -2.12. The molecule has 0 atom stereocenters. The van der Waals surface area contributed by atoms with Crippen molar-refractivity contribution < 1.29 is 14.7 Å². The Balaban J connectivity index is 1.91. The van der Waals surface area contributed by atoms with Gasteiger partial charge in [-0.3, -0.25) is 14.7 Å². The van der Waals surface area contributed by atoms with Gasteiger partial charge in [0.1, 0.15) is 0 Å². The summed E-state index contributed by atoms with van der Waals surface area (Å²) in [4.78, 5) is 34.2. The van der Waals surface area contributed by atoms with E-state index < -0.39 is 5.97 Å². The number of amides is 1. The quantitative estimate of drug-likeness (QED) is 0.647. The number of carbonyl (C=O) groups excluding carboxylic acids is 1. The first-order chi connectivity index (χ1) is 12.6. The van der Waals surface area contributed by atoms with Gasteiger partial charge < -0.3 is 5.11 Å². The predicted molar refractivity (Wildman–Crippen MR) is 102 cm³/mol. The van der Waals surface area contributed by atoms with Crippen LogP contribution in [0.4, 0.5) is 5.69 Å². The fourth-order valence-corrected chi connectivity index (χ4v) is 3.29. The van der Waals surface area contributed by atoms with Gasteiger partial charge in [0.05, 0.1) is 22.4 Å². The second kappa shape index (κ2) is 7.79. The van der Waals surface area contributed by atoms with Crippen molar-refractivity contribution in [3.05, 3.63) is 77.5 Å². The molecule has 7 heteroatoms. The lowest BCUT2D eigenvalue weighted by atomic mass is 10.1. The minimum atomic E-state index is -0.987. The molecule has 2 heterocycles. The van der Waals surface area contributed by atoms with Crippen LogP contribution in [-0.2, 0) is 4.79 Å². The van der Waals surface area contributed by atoms with Gasteiger partial charge in [0.2, 0.25) is 0 Å². The lowest BCUT2D eigenvalue weighted by molar-refractivity contribution is -0.121. The number of thioether (sulfide) groups is 1. The first-order valence-corrected chi connectivity index (χ1v) is 8.54. The predicted octanol–water partition coefficient (Wildman–Crippen LogP) is 3.57. The summed E-state index contributed by atoms with van der Waals surface area (Å²) in [6.07, 6.45) is 6.64. The zero-order valence-electron chi connectivity index (χ0n) is 13.7. The average Bonchev–Trinajstić information content (AvgIpc) is 2.92. The SMILES string of the molecule is C=CCN1C(=O)/C(=C/c2ccc(C(=O)O)cc2)SC1=Nc1cccnc1. The molecule has 0 saturated carbocycles. The van der Waals surface area contributed by atoms with Crippen molar-refractivity contribution in [2.75, 3.05) is 6.54 Å². The minimum Gasteiger partial charge on any atom is -0.478 e. The monoisotopic (exact) mass is 365 g/mol. The summed E-state index contributed by atoms with van der Waals surface area (Å²) in [6, 6.07) is 9.93. The van der Waals surface area contributed by atoms with Crippen LogP contribution in [0.3, 0.4) is 0 Å². The van der Waals surface area contributed by atoms with Crippen LogP contribution in [0.25, 0.3) is 6.08 Å². The van der Waals surface area contributed by atoms with Gasteiger partial charge in [-0.15, -0.1) is 6.58 Å². The van der Waals surface area contributed by atoms with Gasteiger partial charge in [-0.2, -0.15) is 0 Å². The summed E-state index contributed by atoms with van der Waals surface area (Å²) in [5.74, 6) is -1.15. The van der Waals surface area contributed by atoms with Crippen LogP contribution >= 0.6 is 11.8 Å². The first-order valence-electron chi connectivity index (χ1n) is 7.73. The number of rotatable bonds is 5. The molecular weight excluding hydrogens is 350 g/mol. The van der Waals surface area contributed by atoms with E-state index in [0.717, 1.165) is 5.56 Å². The van der Waals surface area contributed by atoms with E-state index >= 15 is 0 Å². The van der Waals surface area contributed by atoms with E-state index in [1.165, 1.54) is 23.9 Å². The molecular formula is C19H15N3O3S. The molecule has 0 spiro atoms. The van der Waals surface area contributed by atoms with E-state index in [4.69, 9.17) is 5.11 Å². The number of pyridine rings is 1. The van der Waals surface area contributed by atoms with E-state index in [1.54, 1.807) is 47.6 Å². The van der Waals surface area contributed by atoms with Gasteiger partial charge in [0.25, 0.3) is 5.91 Å². The largest absolute Gasteiger partial charge is 0.478 e. The van der Waals surface area contributed by atoms with Crippen molar-refractivity contribution in [1.82, 2.24) is 9.88 Å². The summed E-state index contributed by atoms with van der Waals surface area (Å²) < 4.78 is 0. The Hall–Kier alpha value is -3.19. The number of hydrogen-bond acceptors (Lipinski definition) is 5. The van der Waals surface area contributed by atoms with E-state index in [2.05, 4.69) is 16.6 Å². The maximum Gasteiger partial charge on any atom is 0.335 e. The Labute approximate surface area is 154 Å². The third-order valence-corrected chi connectivity index (χ3v) is 4.53. The number of hydrogen-bond donors (Lipinski definition) is 1. The highest BCUT2D eigenvalue weighted by atomic mass is 32.2. The standard InChI is InChI=1S/C19H15N3O3S/c1-2-10-22-17(23)16(11-13-5-7-14(8-6-13)18(24)25)26-19(22)21-15-4-3-9-20-12-15/h2-9,11-12H,1,10H2,(H,24,25)/b16-11-,21-19?. The van der Waals surface area contributed by atoms with Gasteiger partial charge in [0, 0.05) is 12.7 Å². The molecule has 1 aliphatic heterocycles. The van der Waals surface area contributed by atoms with Crippen molar-refractivity contribution in [3.8, 4) is 0 Å². The molecule has 130 valence electrons. The van der Waals surface area contributed by atoms with E-state index in [1.807, 2.05) is 6.07 Å². The molecule has 1 aromatic heterocycles. The molecule has 1 fully saturated rings. The third-order valence-electron chi connectivity index (χ3n) is 3.53. The summed E-state index contributed by atoms with van der Waals surface area (Å²) >= 11 is 1.26. The second-order valence-corrected chi connectivity index (χ2v) is 6.36. The molecule has 2 aromatic rings. The highest BCUT2D eigenvalue weighted by Gasteiger charge is 2.32. The van der Waals surface area contributed by atoms with Crippen molar-refractivity contribution in [1.29, 1.82) is 0 Å². The molecule has 6 nitrogen and oxygen atoms in total. The normalized spacial score (nSPS) is 17.1. The number of carboxylic acids is 1. The summed E-state index contributed by atoms with van der Waals surface area (Å²) in [5, 5.41) is 9.51. The number of nitrogens with zero attached hydrogens (tertiary/aromatic N) is 3. The topological polar surface area (TPSA) is 82.9 Å². The Morgan fingerprint density at radius 3 is 2.69 bits per heavy atom. The van der Waals surface area contributed by atoms with E-state index in [0.29, 0.717) is 22.3 Å². The molecule has 0 aliphatic carbocycles. The number of benzene rings is 1. The molecule has 26 heavy (non-hydrogen) atoms. The number of carboxylic acid groups (broad SMARTS) is 1. The van der Waals surface area contributed by atoms with Crippen LogP contribution < -0.4 is 0 Å². The van der Waals surface area contributed by atoms with Crippen molar-refractivity contribution in [3.63, 3.8) is 0 Å². The smallest absolute Gasteiger partial charge is 0.335 e. The Morgan fingerprint density at radius 1 is 1.31 bits per heavy atom. The van der Waals surface area contributed by atoms with Gasteiger partial charge >= 0.3 is 5.97 Å². The minimum absolute atomic E-state index is 0.167. The molecule has 0 radical (unpaired) electrons. The fraction of sp³-hybridized carbons (Fsp3) is 0.0526. The van der Waals surface area contributed by atoms with Crippen LogP contribution in [0.15, 0.2) is 71.3 Å². The summed E-state index contributed by atoms with van der Waals surface area (Å²) in [5.41, 5.74) is 1.60. The van der Waals surface area contributed by atoms with Crippen LogP contribution in [0.2, 0.25) is 0 Å². The Bertz CT molecular complexity index is 905. The van der Waals surface area contributed by atoms with Crippen LogP contribution in [0.1, 0.15) is 15.9 Å². The maximum absolute atomic E-state index is 12.7. The van der Waals surface area contributed by atoms with Crippen molar-refractivity contribution >= 4 is 40.6 Å². The molecule has 0 unspecified atom stereocenters. The van der Waals surface area contributed by atoms with Gasteiger partial charge in [-0.1, -0.05) is 18.2 Å². The Kier molecular flexibility index (Phi) is 5.28. The van der Waals surface area contributed by atoms with E-state index in [-0.39, 0.29) is 11.5 Å². The second-order valence-electron chi connectivity index (χ2n) is 5.35. The fourth-order valence-electron chi connectivity index (χ4n) is 2.29. The first kappa shape index (κ1) is 17.6. The molecule has 1 N–H and O–H groups in total. The highest BCUT2D eigenvalue weighted by molar-refractivity contribution is 8.18. The van der Waals surface area contributed by atoms with Crippen molar-refractivity contribution in [2.45, 2.75) is 0 Å². The number of aromatic nitrogens is 1. The molecule has 1 saturated heterocycles. The third kappa shape index (κ3) is 3.89. The zero-order valence-corrected chi connectivity index (χ0v) is 14.5.